The number of aromatic amines is 1. The molecule has 4 heterocycles. The SMILES string of the molecule is O=C(N1CCN(c2nccc(-c3nn[nH]n3)n2)CC1)N1N=CC[C@H]1c1cc(F)cc(F)c1. The van der Waals surface area contributed by atoms with Crippen molar-refractivity contribution >= 4 is 18.2 Å². The van der Waals surface area contributed by atoms with Crippen LogP contribution in [-0.2, 0) is 0 Å². The number of tetrazole rings is 1. The number of rotatable bonds is 3. The van der Waals surface area contributed by atoms with Gasteiger partial charge in [0.2, 0.25) is 11.8 Å². The molecule has 0 radical (unpaired) electrons. The number of halogens is 2. The highest BCUT2D eigenvalue weighted by Gasteiger charge is 2.33. The zero-order chi connectivity index (χ0) is 22.1. The molecule has 2 aliphatic heterocycles. The molecule has 164 valence electrons. The molecule has 1 saturated heterocycles. The van der Waals surface area contributed by atoms with Crippen molar-refractivity contribution in [3.8, 4) is 11.5 Å². The molecule has 1 fully saturated rings. The Morgan fingerprint density at radius 1 is 1.09 bits per heavy atom. The van der Waals surface area contributed by atoms with Crippen LogP contribution in [0.15, 0.2) is 35.6 Å². The lowest BCUT2D eigenvalue weighted by Crippen LogP contribution is -2.52. The third kappa shape index (κ3) is 3.84. The Kier molecular flexibility index (Phi) is 5.13. The van der Waals surface area contributed by atoms with Gasteiger partial charge in [-0.1, -0.05) is 0 Å². The maximum atomic E-state index is 13.7. The van der Waals surface area contributed by atoms with Crippen molar-refractivity contribution in [2.75, 3.05) is 31.1 Å². The van der Waals surface area contributed by atoms with Crippen molar-refractivity contribution in [1.82, 2.24) is 40.5 Å². The highest BCUT2D eigenvalue weighted by atomic mass is 19.1. The van der Waals surface area contributed by atoms with E-state index in [9.17, 15) is 13.6 Å². The Morgan fingerprint density at radius 3 is 2.59 bits per heavy atom. The third-order valence-electron chi connectivity index (χ3n) is 5.35. The van der Waals surface area contributed by atoms with Gasteiger partial charge in [0, 0.05) is 51.1 Å². The van der Waals surface area contributed by atoms with Crippen LogP contribution in [0.1, 0.15) is 18.0 Å². The maximum Gasteiger partial charge on any atom is 0.341 e. The highest BCUT2D eigenvalue weighted by molar-refractivity contribution is 5.78. The summed E-state index contributed by atoms with van der Waals surface area (Å²) >= 11 is 0. The van der Waals surface area contributed by atoms with E-state index in [-0.39, 0.29) is 6.03 Å². The number of nitrogens with one attached hydrogen (secondary N) is 1. The minimum Gasteiger partial charge on any atom is -0.337 e. The summed E-state index contributed by atoms with van der Waals surface area (Å²) in [5, 5.41) is 19.2. The number of piperazine rings is 1. The van der Waals surface area contributed by atoms with Gasteiger partial charge in [-0.25, -0.2) is 28.6 Å². The maximum absolute atomic E-state index is 13.7. The van der Waals surface area contributed by atoms with Crippen molar-refractivity contribution in [1.29, 1.82) is 0 Å². The number of carbonyl (C=O) groups excluding carboxylic acids is 1. The average molecular weight is 440 g/mol. The van der Waals surface area contributed by atoms with Crippen LogP contribution in [0.25, 0.3) is 11.5 Å². The number of H-pyrrole nitrogens is 1. The van der Waals surface area contributed by atoms with E-state index in [1.807, 2.05) is 4.90 Å². The highest BCUT2D eigenvalue weighted by Crippen LogP contribution is 2.30. The fourth-order valence-corrected chi connectivity index (χ4v) is 3.78. The van der Waals surface area contributed by atoms with E-state index in [0.29, 0.717) is 55.6 Å². The number of hydrazone groups is 1. The van der Waals surface area contributed by atoms with Crippen LogP contribution >= 0.6 is 0 Å². The van der Waals surface area contributed by atoms with Gasteiger partial charge in [0.15, 0.2) is 0 Å². The summed E-state index contributed by atoms with van der Waals surface area (Å²) in [7, 11) is 0. The van der Waals surface area contributed by atoms with Gasteiger partial charge in [0.05, 0.1) is 6.04 Å². The molecule has 0 spiro atoms. The molecule has 5 rings (SSSR count). The molecule has 0 unspecified atom stereocenters. The summed E-state index contributed by atoms with van der Waals surface area (Å²) in [6.45, 7) is 1.87. The Bertz CT molecular complexity index is 1130. The monoisotopic (exact) mass is 440 g/mol. The van der Waals surface area contributed by atoms with Crippen LogP contribution < -0.4 is 4.90 Å². The molecular weight excluding hydrogens is 422 g/mol. The fourth-order valence-electron chi connectivity index (χ4n) is 3.78. The quantitative estimate of drug-likeness (QED) is 0.657. The van der Waals surface area contributed by atoms with Crippen LogP contribution in [0.3, 0.4) is 0 Å². The van der Waals surface area contributed by atoms with Gasteiger partial charge in [-0.2, -0.15) is 10.3 Å². The van der Waals surface area contributed by atoms with E-state index < -0.39 is 17.7 Å². The number of anilines is 1. The topological polar surface area (TPSA) is 119 Å². The van der Waals surface area contributed by atoms with E-state index in [1.165, 1.54) is 17.1 Å². The van der Waals surface area contributed by atoms with Crippen LogP contribution in [0.5, 0.6) is 0 Å². The van der Waals surface area contributed by atoms with Crippen molar-refractivity contribution in [2.45, 2.75) is 12.5 Å². The summed E-state index contributed by atoms with van der Waals surface area (Å²) in [5.41, 5.74) is 0.914. The molecule has 13 heteroatoms. The Balaban J connectivity index is 1.26. The number of carbonyl (C=O) groups is 1. The predicted octanol–water partition coefficient (Wildman–Crippen LogP) is 1.61. The van der Waals surface area contributed by atoms with E-state index >= 15 is 0 Å². The summed E-state index contributed by atoms with van der Waals surface area (Å²) < 4.78 is 27.3. The lowest BCUT2D eigenvalue weighted by atomic mass is 10.0. The standard InChI is InChI=1S/C19H18F2N10O/c20-13-9-12(10-14(21)11-13)16-2-4-23-31(16)19(32)30-7-5-29(6-8-30)18-22-3-1-15(24-18)17-25-27-28-26-17/h1,3-4,9-11,16H,2,5-8H2,(H,25,26,27,28)/t16-/m0/s1. The molecule has 32 heavy (non-hydrogen) atoms. The average Bonchev–Trinajstić information content (AvgIpc) is 3.51. The van der Waals surface area contributed by atoms with Crippen LogP contribution in [0.4, 0.5) is 19.5 Å². The largest absolute Gasteiger partial charge is 0.341 e. The Morgan fingerprint density at radius 2 is 1.88 bits per heavy atom. The third-order valence-corrected chi connectivity index (χ3v) is 5.35. The van der Waals surface area contributed by atoms with Crippen molar-refractivity contribution < 1.29 is 13.6 Å². The zero-order valence-corrected chi connectivity index (χ0v) is 16.8. The smallest absolute Gasteiger partial charge is 0.337 e. The van der Waals surface area contributed by atoms with Crippen LogP contribution in [0.2, 0.25) is 0 Å². The van der Waals surface area contributed by atoms with E-state index in [1.54, 1.807) is 23.4 Å². The minimum absolute atomic E-state index is 0.311. The molecule has 2 aliphatic rings. The van der Waals surface area contributed by atoms with Crippen LogP contribution in [0, 0.1) is 11.6 Å². The van der Waals surface area contributed by atoms with E-state index in [2.05, 4.69) is 35.7 Å². The first-order valence-electron chi connectivity index (χ1n) is 9.97. The second kappa shape index (κ2) is 8.24. The van der Waals surface area contributed by atoms with Gasteiger partial charge in [-0.05, 0) is 29.0 Å². The summed E-state index contributed by atoms with van der Waals surface area (Å²) in [6, 6.07) is 4.11. The lowest BCUT2D eigenvalue weighted by molar-refractivity contribution is 0.139. The first-order valence-corrected chi connectivity index (χ1v) is 9.97. The Hall–Kier alpha value is -4.03. The van der Waals surface area contributed by atoms with Crippen LogP contribution in [-0.4, -0.2) is 78.9 Å². The fraction of sp³-hybridized carbons (Fsp3) is 0.316. The van der Waals surface area contributed by atoms with Gasteiger partial charge in [-0.3, -0.25) is 0 Å². The molecule has 3 aromatic rings. The number of urea groups is 1. The van der Waals surface area contributed by atoms with Crippen molar-refractivity contribution in [3.05, 3.63) is 47.7 Å². The second-order valence-electron chi connectivity index (χ2n) is 7.33. The number of benzene rings is 1. The summed E-state index contributed by atoms with van der Waals surface area (Å²) in [6.07, 6.45) is 3.59. The lowest BCUT2D eigenvalue weighted by Gasteiger charge is -2.37. The number of amides is 2. The number of hydrogen-bond acceptors (Lipinski definition) is 8. The number of aromatic nitrogens is 6. The molecule has 1 atom stereocenters. The molecule has 0 saturated carbocycles. The summed E-state index contributed by atoms with van der Waals surface area (Å²) in [5.74, 6) is -0.493. The molecule has 1 aromatic carbocycles. The molecule has 2 aromatic heterocycles. The number of hydrogen-bond donors (Lipinski definition) is 1. The van der Waals surface area contributed by atoms with Gasteiger partial charge in [0.1, 0.15) is 17.3 Å². The first-order chi connectivity index (χ1) is 15.6. The molecule has 0 aliphatic carbocycles. The van der Waals surface area contributed by atoms with Gasteiger partial charge in [0.25, 0.3) is 0 Å². The van der Waals surface area contributed by atoms with Crippen molar-refractivity contribution in [2.24, 2.45) is 5.10 Å². The minimum atomic E-state index is -0.684. The second-order valence-corrected chi connectivity index (χ2v) is 7.33. The Labute approximate surface area is 180 Å². The molecule has 1 N–H and O–H groups in total. The predicted molar refractivity (Wildman–Crippen MR) is 108 cm³/mol. The molecule has 2 amide bonds. The van der Waals surface area contributed by atoms with E-state index in [4.69, 9.17) is 0 Å². The molecular formula is C19H18F2N10O. The van der Waals surface area contributed by atoms with Gasteiger partial charge in [-0.15, -0.1) is 10.2 Å². The van der Waals surface area contributed by atoms with Gasteiger partial charge < -0.3 is 9.80 Å². The van der Waals surface area contributed by atoms with E-state index in [0.717, 1.165) is 6.07 Å². The normalized spacial score (nSPS) is 18.4. The van der Waals surface area contributed by atoms with Gasteiger partial charge >= 0.3 is 6.03 Å². The molecule has 11 nitrogen and oxygen atoms in total. The molecule has 0 bridgehead atoms. The van der Waals surface area contributed by atoms with Crippen molar-refractivity contribution in [3.63, 3.8) is 0 Å². The first kappa shape index (κ1) is 19.9. The zero-order valence-electron chi connectivity index (χ0n) is 16.8. The number of nitrogens with zero attached hydrogens (tertiary/aromatic N) is 9. The summed E-state index contributed by atoms with van der Waals surface area (Å²) in [4.78, 5) is 25.5.